The van der Waals surface area contributed by atoms with Crippen molar-refractivity contribution in [2.45, 2.75) is 83.9 Å². The Hall–Kier alpha value is 0.0649. The molecule has 4 saturated carbocycles. The van der Waals surface area contributed by atoms with Crippen LogP contribution in [0.5, 0.6) is 0 Å². The lowest BCUT2D eigenvalue weighted by atomic mass is 9.44. The Morgan fingerprint density at radius 1 is 0.850 bits per heavy atom. The highest BCUT2D eigenvalue weighted by molar-refractivity contribution is 6.11. The van der Waals surface area contributed by atoms with Crippen LogP contribution in [-0.4, -0.2) is 7.85 Å². The fourth-order valence-corrected chi connectivity index (χ4v) is 7.28. The molecule has 2 radical (unpaired) electrons. The monoisotopic (exact) mass is 270 g/mol. The van der Waals surface area contributed by atoms with Crippen LogP contribution < -0.4 is 0 Å². The van der Waals surface area contributed by atoms with E-state index >= 15 is 0 Å². The van der Waals surface area contributed by atoms with Gasteiger partial charge in [0.15, 0.2) is 0 Å². The van der Waals surface area contributed by atoms with E-state index < -0.39 is 0 Å². The summed E-state index contributed by atoms with van der Waals surface area (Å²) in [6.45, 7) is 5.27. The fourth-order valence-electron chi connectivity index (χ4n) is 7.28. The van der Waals surface area contributed by atoms with Gasteiger partial charge in [0.25, 0.3) is 0 Å². The summed E-state index contributed by atoms with van der Waals surface area (Å²) in [5.74, 6) is 4.61. The molecule has 0 aromatic rings. The molecule has 0 heterocycles. The predicted molar refractivity (Wildman–Crippen MR) is 85.8 cm³/mol. The lowest BCUT2D eigenvalue weighted by Crippen LogP contribution is -2.52. The summed E-state index contributed by atoms with van der Waals surface area (Å²) in [5.41, 5.74) is 1.36. The molecule has 0 aromatic carbocycles. The summed E-state index contributed by atoms with van der Waals surface area (Å²) in [5, 5.41) is 0. The van der Waals surface area contributed by atoms with Crippen molar-refractivity contribution in [2.75, 3.05) is 0 Å². The minimum absolute atomic E-state index is 0.505. The number of hydrogen-bond donors (Lipinski definition) is 0. The van der Waals surface area contributed by atoms with Gasteiger partial charge in [0.2, 0.25) is 0 Å². The summed E-state index contributed by atoms with van der Waals surface area (Å²) in [6.07, 6.45) is 14.7. The van der Waals surface area contributed by atoms with Gasteiger partial charge in [-0.2, -0.15) is 0 Å². The molecule has 0 bridgehead atoms. The van der Waals surface area contributed by atoms with Gasteiger partial charge in [-0.15, -0.1) is 0 Å². The van der Waals surface area contributed by atoms with Crippen molar-refractivity contribution >= 4 is 7.85 Å². The summed E-state index contributed by atoms with van der Waals surface area (Å²) < 4.78 is 0. The fraction of sp³-hybridized carbons (Fsp3) is 1.00. The second-order valence-electron chi connectivity index (χ2n) is 9.28. The van der Waals surface area contributed by atoms with Crippen molar-refractivity contribution < 1.29 is 0 Å². The van der Waals surface area contributed by atoms with Crippen molar-refractivity contribution in [3.05, 3.63) is 0 Å². The molecule has 110 valence electrons. The van der Waals surface area contributed by atoms with E-state index in [0.29, 0.717) is 11.2 Å². The topological polar surface area (TPSA) is 0 Å². The Bertz CT molecular complexity index is 391. The summed E-state index contributed by atoms with van der Waals surface area (Å²) in [6, 6.07) is 0. The standard InChI is InChI=1S/C19H31B/c1-18-9-3-4-16(18)15-6-5-13-12-14(20)7-11-19(13,2)17(15)8-10-18/h13-17H,3-12H2,1-2H3. The molecule has 0 aliphatic heterocycles. The highest BCUT2D eigenvalue weighted by Crippen LogP contribution is 2.66. The van der Waals surface area contributed by atoms with E-state index in [-0.39, 0.29) is 0 Å². The Morgan fingerprint density at radius 3 is 2.55 bits per heavy atom. The molecule has 0 aromatic heterocycles. The third-order valence-electron chi connectivity index (χ3n) is 8.49. The molecule has 4 aliphatic rings. The number of rotatable bonds is 0. The van der Waals surface area contributed by atoms with E-state index in [1.54, 1.807) is 0 Å². The Kier molecular flexibility index (Phi) is 3.10. The summed E-state index contributed by atoms with van der Waals surface area (Å²) in [4.78, 5) is 0. The third kappa shape index (κ3) is 1.80. The van der Waals surface area contributed by atoms with Gasteiger partial charge in [0.05, 0.1) is 7.85 Å². The van der Waals surface area contributed by atoms with Gasteiger partial charge in [-0.05, 0) is 79.4 Å². The predicted octanol–water partition coefficient (Wildman–Crippen LogP) is 5.38. The number of fused-ring (bicyclic) bond motifs is 5. The van der Waals surface area contributed by atoms with Crippen LogP contribution in [0.15, 0.2) is 0 Å². The molecule has 0 amide bonds. The molecule has 7 unspecified atom stereocenters. The second-order valence-corrected chi connectivity index (χ2v) is 9.28. The second kappa shape index (κ2) is 4.53. The first-order valence-electron chi connectivity index (χ1n) is 9.28. The van der Waals surface area contributed by atoms with Gasteiger partial charge in [0.1, 0.15) is 0 Å². The van der Waals surface area contributed by atoms with Gasteiger partial charge in [-0.1, -0.05) is 38.9 Å². The average Bonchev–Trinajstić information content (AvgIpc) is 2.81. The molecule has 20 heavy (non-hydrogen) atoms. The highest BCUT2D eigenvalue weighted by atomic mass is 14.6. The Labute approximate surface area is 126 Å². The normalized spacial score (nSPS) is 58.6. The van der Waals surface area contributed by atoms with Crippen LogP contribution in [0.3, 0.4) is 0 Å². The first kappa shape index (κ1) is 13.7. The average molecular weight is 270 g/mol. The van der Waals surface area contributed by atoms with E-state index in [1.165, 1.54) is 64.2 Å². The van der Waals surface area contributed by atoms with E-state index in [4.69, 9.17) is 7.85 Å². The van der Waals surface area contributed by atoms with E-state index in [1.807, 2.05) is 0 Å². The van der Waals surface area contributed by atoms with Crippen molar-refractivity contribution in [1.82, 2.24) is 0 Å². The quantitative estimate of drug-likeness (QED) is 0.519. The lowest BCUT2D eigenvalue weighted by molar-refractivity contribution is -0.103. The summed E-state index contributed by atoms with van der Waals surface area (Å²) >= 11 is 0. The van der Waals surface area contributed by atoms with Gasteiger partial charge in [-0.25, -0.2) is 0 Å². The summed E-state index contributed by atoms with van der Waals surface area (Å²) in [7, 11) is 6.28. The molecule has 0 nitrogen and oxygen atoms in total. The largest absolute Gasteiger partial charge is 0.0771 e. The van der Waals surface area contributed by atoms with Crippen LogP contribution in [0.1, 0.15) is 78.1 Å². The zero-order valence-corrected chi connectivity index (χ0v) is 13.5. The van der Waals surface area contributed by atoms with Crippen molar-refractivity contribution in [2.24, 2.45) is 34.5 Å². The molecule has 4 fully saturated rings. The molecule has 0 N–H and O–H groups in total. The van der Waals surface area contributed by atoms with Crippen molar-refractivity contribution in [1.29, 1.82) is 0 Å². The Morgan fingerprint density at radius 2 is 1.70 bits per heavy atom. The van der Waals surface area contributed by atoms with Gasteiger partial charge in [-0.3, -0.25) is 0 Å². The van der Waals surface area contributed by atoms with Gasteiger partial charge >= 0.3 is 0 Å². The first-order chi connectivity index (χ1) is 9.53. The first-order valence-corrected chi connectivity index (χ1v) is 9.28. The molecule has 7 atom stereocenters. The molecular weight excluding hydrogens is 239 g/mol. The van der Waals surface area contributed by atoms with E-state index in [9.17, 15) is 0 Å². The maximum Gasteiger partial charge on any atom is 0.0699 e. The molecule has 4 rings (SSSR count). The van der Waals surface area contributed by atoms with E-state index in [0.717, 1.165) is 29.1 Å². The molecule has 0 saturated heterocycles. The van der Waals surface area contributed by atoms with Crippen LogP contribution in [0.25, 0.3) is 0 Å². The highest BCUT2D eigenvalue weighted by Gasteiger charge is 2.57. The number of hydrogen-bond acceptors (Lipinski definition) is 0. The maximum absolute atomic E-state index is 6.28. The third-order valence-corrected chi connectivity index (χ3v) is 8.49. The van der Waals surface area contributed by atoms with E-state index in [2.05, 4.69) is 13.8 Å². The van der Waals surface area contributed by atoms with Gasteiger partial charge < -0.3 is 0 Å². The smallest absolute Gasteiger partial charge is 0.0699 e. The maximum atomic E-state index is 6.28. The Balaban J connectivity index is 1.62. The molecule has 0 spiro atoms. The molecule has 1 heteroatoms. The minimum Gasteiger partial charge on any atom is -0.0771 e. The molecule has 4 aliphatic carbocycles. The van der Waals surface area contributed by atoms with Crippen LogP contribution in [-0.2, 0) is 0 Å². The zero-order chi connectivity index (χ0) is 14.0. The van der Waals surface area contributed by atoms with Crippen molar-refractivity contribution in [3.63, 3.8) is 0 Å². The van der Waals surface area contributed by atoms with Crippen LogP contribution >= 0.6 is 0 Å². The SMILES string of the molecule is [B]C1CCC2(C)C(CCC3C4CCCC4(C)CCC32)C1. The van der Waals surface area contributed by atoms with Crippen LogP contribution in [0, 0.1) is 34.5 Å². The minimum atomic E-state index is 0.505. The van der Waals surface area contributed by atoms with Crippen LogP contribution in [0.2, 0.25) is 5.82 Å². The van der Waals surface area contributed by atoms with Gasteiger partial charge in [0, 0.05) is 0 Å². The zero-order valence-electron chi connectivity index (χ0n) is 13.5. The molecular formula is C19H31B. The lowest BCUT2D eigenvalue weighted by Gasteiger charge is -2.60. The van der Waals surface area contributed by atoms with Crippen molar-refractivity contribution in [3.8, 4) is 0 Å². The van der Waals surface area contributed by atoms with Crippen LogP contribution in [0.4, 0.5) is 0 Å².